The SMILES string of the molecule is COc1ccccc1-c1nc(=O)[nH]n2c(N)nc(-c3ccccc3)c12. The minimum absolute atomic E-state index is 0.185. The molecule has 4 rings (SSSR count). The molecule has 124 valence electrons. The maximum absolute atomic E-state index is 12.1. The van der Waals surface area contributed by atoms with Gasteiger partial charge in [-0.3, -0.25) is 0 Å². The summed E-state index contributed by atoms with van der Waals surface area (Å²) >= 11 is 0. The highest BCUT2D eigenvalue weighted by molar-refractivity contribution is 5.91. The van der Waals surface area contributed by atoms with Crippen molar-refractivity contribution in [3.63, 3.8) is 0 Å². The van der Waals surface area contributed by atoms with Crippen molar-refractivity contribution in [3.05, 3.63) is 65.1 Å². The second-order valence-corrected chi connectivity index (χ2v) is 5.45. The molecule has 0 aliphatic carbocycles. The molecule has 0 saturated heterocycles. The zero-order chi connectivity index (χ0) is 17.4. The van der Waals surface area contributed by atoms with Crippen molar-refractivity contribution in [2.45, 2.75) is 0 Å². The summed E-state index contributed by atoms with van der Waals surface area (Å²) in [6, 6.07) is 17.0. The lowest BCUT2D eigenvalue weighted by atomic mass is 10.1. The number of hydrogen-bond acceptors (Lipinski definition) is 5. The van der Waals surface area contributed by atoms with Crippen LogP contribution in [0.3, 0.4) is 0 Å². The van der Waals surface area contributed by atoms with Crippen LogP contribution in [0.25, 0.3) is 28.0 Å². The first-order valence-corrected chi connectivity index (χ1v) is 7.66. The maximum Gasteiger partial charge on any atom is 0.360 e. The molecule has 2 aromatic carbocycles. The van der Waals surface area contributed by atoms with E-state index in [1.165, 1.54) is 4.52 Å². The summed E-state index contributed by atoms with van der Waals surface area (Å²) in [5.74, 6) is 0.797. The van der Waals surface area contributed by atoms with E-state index in [9.17, 15) is 4.79 Å². The Hall–Kier alpha value is -3.61. The average Bonchev–Trinajstić information content (AvgIpc) is 2.98. The van der Waals surface area contributed by atoms with Gasteiger partial charge in [0.05, 0.1) is 7.11 Å². The number of aromatic nitrogens is 4. The number of nitrogens with two attached hydrogens (primary N) is 1. The summed E-state index contributed by atoms with van der Waals surface area (Å²) in [6.45, 7) is 0. The molecule has 25 heavy (non-hydrogen) atoms. The topological polar surface area (TPSA) is 98.3 Å². The smallest absolute Gasteiger partial charge is 0.360 e. The molecule has 7 nitrogen and oxygen atoms in total. The molecule has 0 unspecified atom stereocenters. The van der Waals surface area contributed by atoms with E-state index in [-0.39, 0.29) is 5.95 Å². The Morgan fingerprint density at radius 3 is 2.48 bits per heavy atom. The van der Waals surface area contributed by atoms with E-state index in [1.807, 2.05) is 54.6 Å². The molecule has 3 N–H and O–H groups in total. The van der Waals surface area contributed by atoms with E-state index in [0.29, 0.717) is 28.2 Å². The number of H-pyrrole nitrogens is 1. The molecule has 0 spiro atoms. The number of nitrogen functional groups attached to an aromatic ring is 1. The number of ether oxygens (including phenoxy) is 1. The first kappa shape index (κ1) is 14.9. The fourth-order valence-corrected chi connectivity index (χ4v) is 2.87. The predicted molar refractivity (Wildman–Crippen MR) is 95.4 cm³/mol. The van der Waals surface area contributed by atoms with Gasteiger partial charge < -0.3 is 10.5 Å². The molecule has 0 saturated carbocycles. The van der Waals surface area contributed by atoms with Gasteiger partial charge in [-0.05, 0) is 12.1 Å². The molecule has 0 atom stereocenters. The number of imidazole rings is 1. The minimum atomic E-state index is -0.517. The van der Waals surface area contributed by atoms with E-state index >= 15 is 0 Å². The molecule has 0 aliphatic rings. The molecule has 7 heteroatoms. The van der Waals surface area contributed by atoms with Crippen LogP contribution in [0.15, 0.2) is 59.4 Å². The summed E-state index contributed by atoms with van der Waals surface area (Å²) in [6.07, 6.45) is 0. The van der Waals surface area contributed by atoms with Gasteiger partial charge in [-0.15, -0.1) is 0 Å². The minimum Gasteiger partial charge on any atom is -0.496 e. The van der Waals surface area contributed by atoms with Gasteiger partial charge in [-0.2, -0.15) is 4.98 Å². The first-order valence-electron chi connectivity index (χ1n) is 7.66. The van der Waals surface area contributed by atoms with Crippen molar-refractivity contribution in [1.82, 2.24) is 19.6 Å². The van der Waals surface area contributed by atoms with Crippen LogP contribution in [0.5, 0.6) is 5.75 Å². The number of nitrogens with zero attached hydrogens (tertiary/aromatic N) is 3. The lowest BCUT2D eigenvalue weighted by Gasteiger charge is -2.09. The molecule has 0 bridgehead atoms. The van der Waals surface area contributed by atoms with Gasteiger partial charge in [0.1, 0.15) is 22.7 Å². The van der Waals surface area contributed by atoms with Crippen LogP contribution in [-0.4, -0.2) is 26.7 Å². The fraction of sp³-hybridized carbons (Fsp3) is 0.0556. The van der Waals surface area contributed by atoms with Crippen molar-refractivity contribution in [1.29, 1.82) is 0 Å². The third-order valence-corrected chi connectivity index (χ3v) is 3.96. The standard InChI is InChI=1S/C18H15N5O2/c1-25-13-10-6-5-9-12(13)15-16-14(11-7-3-2-4-8-11)20-17(19)23(16)22-18(24)21-15/h2-10H,1H3,(H2,19,20)(H,22,24). The Morgan fingerprint density at radius 1 is 1.00 bits per heavy atom. The van der Waals surface area contributed by atoms with E-state index in [4.69, 9.17) is 10.5 Å². The molecule has 2 heterocycles. The second kappa shape index (κ2) is 5.79. The average molecular weight is 333 g/mol. The highest BCUT2D eigenvalue weighted by Gasteiger charge is 2.20. The van der Waals surface area contributed by atoms with E-state index in [0.717, 1.165) is 5.56 Å². The number of rotatable bonds is 3. The predicted octanol–water partition coefficient (Wildman–Crippen LogP) is 2.34. The quantitative estimate of drug-likeness (QED) is 0.599. The molecule has 0 radical (unpaired) electrons. The largest absolute Gasteiger partial charge is 0.496 e. The molecule has 0 amide bonds. The summed E-state index contributed by atoms with van der Waals surface area (Å²) in [5.41, 5.74) is 8.80. The lowest BCUT2D eigenvalue weighted by Crippen LogP contribution is -2.17. The summed E-state index contributed by atoms with van der Waals surface area (Å²) in [5, 5.41) is 2.62. The molecule has 0 fully saturated rings. The van der Waals surface area contributed by atoms with Crippen LogP contribution in [0, 0.1) is 0 Å². The van der Waals surface area contributed by atoms with Crippen LogP contribution >= 0.6 is 0 Å². The van der Waals surface area contributed by atoms with Gasteiger partial charge in [-0.1, -0.05) is 42.5 Å². The Bertz CT molecular complexity index is 1120. The van der Waals surface area contributed by atoms with Gasteiger partial charge in [-0.25, -0.2) is 19.4 Å². The number of fused-ring (bicyclic) bond motifs is 1. The number of methoxy groups -OCH3 is 1. The van der Waals surface area contributed by atoms with Crippen LogP contribution in [0.1, 0.15) is 0 Å². The number of para-hydroxylation sites is 1. The van der Waals surface area contributed by atoms with Crippen molar-refractivity contribution in [3.8, 4) is 28.3 Å². The number of aromatic amines is 1. The zero-order valence-corrected chi connectivity index (χ0v) is 13.4. The van der Waals surface area contributed by atoms with Gasteiger partial charge in [0.2, 0.25) is 5.95 Å². The Balaban J connectivity index is 2.13. The third-order valence-electron chi connectivity index (χ3n) is 3.96. The van der Waals surface area contributed by atoms with Crippen molar-refractivity contribution >= 4 is 11.5 Å². The second-order valence-electron chi connectivity index (χ2n) is 5.45. The molecule has 2 aromatic heterocycles. The molecular formula is C18H15N5O2. The van der Waals surface area contributed by atoms with Crippen LogP contribution in [0.4, 0.5) is 5.95 Å². The normalized spacial score (nSPS) is 10.9. The summed E-state index contributed by atoms with van der Waals surface area (Å²) in [7, 11) is 1.58. The third kappa shape index (κ3) is 2.42. The van der Waals surface area contributed by atoms with Crippen LogP contribution in [0.2, 0.25) is 0 Å². The number of nitrogens with one attached hydrogen (secondary N) is 1. The fourth-order valence-electron chi connectivity index (χ4n) is 2.87. The number of hydrogen-bond donors (Lipinski definition) is 2. The molecule has 4 aromatic rings. The van der Waals surface area contributed by atoms with E-state index < -0.39 is 5.69 Å². The van der Waals surface area contributed by atoms with Crippen LogP contribution < -0.4 is 16.2 Å². The van der Waals surface area contributed by atoms with Crippen LogP contribution in [-0.2, 0) is 0 Å². The van der Waals surface area contributed by atoms with E-state index in [2.05, 4.69) is 15.1 Å². The van der Waals surface area contributed by atoms with E-state index in [1.54, 1.807) is 7.11 Å². The number of anilines is 1. The Labute approximate surface area is 142 Å². The number of benzene rings is 2. The summed E-state index contributed by atoms with van der Waals surface area (Å²) < 4.78 is 6.89. The molecular weight excluding hydrogens is 318 g/mol. The Morgan fingerprint density at radius 2 is 1.72 bits per heavy atom. The lowest BCUT2D eigenvalue weighted by molar-refractivity contribution is 0.416. The van der Waals surface area contributed by atoms with Gasteiger partial charge in [0.15, 0.2) is 0 Å². The highest BCUT2D eigenvalue weighted by Crippen LogP contribution is 2.35. The Kier molecular flexibility index (Phi) is 3.46. The van der Waals surface area contributed by atoms with Gasteiger partial charge >= 0.3 is 5.69 Å². The maximum atomic E-state index is 12.1. The monoisotopic (exact) mass is 333 g/mol. The zero-order valence-electron chi connectivity index (χ0n) is 13.4. The highest BCUT2D eigenvalue weighted by atomic mass is 16.5. The molecule has 0 aliphatic heterocycles. The van der Waals surface area contributed by atoms with Crippen molar-refractivity contribution in [2.24, 2.45) is 0 Å². The van der Waals surface area contributed by atoms with Gasteiger partial charge in [0, 0.05) is 11.1 Å². The first-order chi connectivity index (χ1) is 12.2. The van der Waals surface area contributed by atoms with Gasteiger partial charge in [0.25, 0.3) is 0 Å². The summed E-state index contributed by atoms with van der Waals surface area (Å²) in [4.78, 5) is 20.7. The van der Waals surface area contributed by atoms with Crippen molar-refractivity contribution < 1.29 is 4.74 Å². The van der Waals surface area contributed by atoms with Crippen molar-refractivity contribution in [2.75, 3.05) is 12.8 Å².